The van der Waals surface area contributed by atoms with E-state index in [0.717, 1.165) is 39.8 Å². The van der Waals surface area contributed by atoms with Gasteiger partial charge in [0.05, 0.1) is 16.3 Å². The van der Waals surface area contributed by atoms with E-state index in [1.165, 1.54) is 18.2 Å². The molecule has 0 unspecified atom stereocenters. The lowest BCUT2D eigenvalue weighted by atomic mass is 10.0. The van der Waals surface area contributed by atoms with Gasteiger partial charge in [-0.1, -0.05) is 78.5 Å². The van der Waals surface area contributed by atoms with E-state index in [4.69, 9.17) is 4.98 Å². The van der Waals surface area contributed by atoms with Crippen LogP contribution >= 0.6 is 11.8 Å². The van der Waals surface area contributed by atoms with Crippen molar-refractivity contribution in [3.8, 4) is 22.5 Å². The lowest BCUT2D eigenvalue weighted by Crippen LogP contribution is -2.24. The third kappa shape index (κ3) is 5.83. The summed E-state index contributed by atoms with van der Waals surface area (Å²) in [6, 6.07) is 26.5. The van der Waals surface area contributed by atoms with E-state index in [1.54, 1.807) is 17.8 Å². The lowest BCUT2D eigenvalue weighted by molar-refractivity contribution is -0.384. The van der Waals surface area contributed by atoms with Gasteiger partial charge in [-0.2, -0.15) is 0 Å². The molecule has 7 nitrogen and oxygen atoms in total. The number of amides is 1. The summed E-state index contributed by atoms with van der Waals surface area (Å²) in [5.74, 6) is 0.451. The monoisotopic (exact) mass is 500 g/mol. The largest absolute Gasteiger partial charge is 0.352 e. The van der Waals surface area contributed by atoms with Gasteiger partial charge in [-0.25, -0.2) is 4.98 Å². The fourth-order valence-electron chi connectivity index (χ4n) is 3.96. The van der Waals surface area contributed by atoms with E-state index in [9.17, 15) is 14.9 Å². The molecule has 0 aliphatic heterocycles. The minimum absolute atomic E-state index is 0.0952. The first-order chi connectivity index (χ1) is 17.5. The van der Waals surface area contributed by atoms with Gasteiger partial charge < -0.3 is 9.88 Å². The first-order valence-electron chi connectivity index (χ1n) is 11.8. The number of carbonyl (C=O) groups is 1. The Morgan fingerprint density at radius 2 is 1.67 bits per heavy atom. The molecule has 8 heteroatoms. The average Bonchev–Trinajstić information content (AvgIpc) is 3.29. The minimum atomic E-state index is -0.502. The fourth-order valence-corrected chi connectivity index (χ4v) is 5.03. The molecule has 1 amide bonds. The number of nitro benzene ring substituents is 1. The number of non-ortho nitro benzene ring substituents is 1. The van der Waals surface area contributed by atoms with Gasteiger partial charge >= 0.3 is 0 Å². The van der Waals surface area contributed by atoms with Crippen LogP contribution in [0, 0.1) is 10.1 Å². The van der Waals surface area contributed by atoms with Crippen molar-refractivity contribution in [2.24, 2.45) is 0 Å². The molecule has 0 aliphatic carbocycles. The molecule has 0 fully saturated rings. The summed E-state index contributed by atoms with van der Waals surface area (Å²) in [6.45, 7) is 4.78. The number of hydrogen-bond acceptors (Lipinski definition) is 5. The van der Waals surface area contributed by atoms with E-state index in [0.29, 0.717) is 6.54 Å². The Kier molecular flexibility index (Phi) is 8.17. The van der Waals surface area contributed by atoms with E-state index < -0.39 is 4.92 Å². The van der Waals surface area contributed by atoms with Crippen molar-refractivity contribution in [3.05, 3.63) is 101 Å². The van der Waals surface area contributed by atoms with E-state index in [2.05, 4.69) is 48.0 Å². The molecule has 0 saturated carbocycles. The Balaban J connectivity index is 1.48. The van der Waals surface area contributed by atoms with Gasteiger partial charge in [-0.05, 0) is 26.3 Å². The highest BCUT2D eigenvalue weighted by Gasteiger charge is 2.22. The van der Waals surface area contributed by atoms with Crippen LogP contribution in [-0.4, -0.2) is 32.7 Å². The number of nitrogens with one attached hydrogen (secondary N) is 1. The minimum Gasteiger partial charge on any atom is -0.352 e. The SMILES string of the molecule is CC(C)n1c(SCCCNC(=O)c2cccc([N+](=O)[O-])c2)nc(-c2ccccc2)c1-c1ccccc1. The summed E-state index contributed by atoms with van der Waals surface area (Å²) in [5.41, 5.74) is 4.43. The van der Waals surface area contributed by atoms with Gasteiger partial charge in [0, 0.05) is 47.2 Å². The molecule has 3 aromatic carbocycles. The number of carbonyl (C=O) groups excluding carboxylic acids is 1. The Bertz CT molecular complexity index is 1340. The number of thioether (sulfide) groups is 1. The summed E-state index contributed by atoms with van der Waals surface area (Å²) in [6.07, 6.45) is 0.734. The van der Waals surface area contributed by atoms with Crippen LogP contribution in [0.4, 0.5) is 5.69 Å². The number of aromatic nitrogens is 2. The maximum absolute atomic E-state index is 12.4. The highest BCUT2D eigenvalue weighted by molar-refractivity contribution is 7.99. The molecule has 0 aliphatic rings. The highest BCUT2D eigenvalue weighted by Crippen LogP contribution is 2.38. The molecule has 1 aromatic heterocycles. The molecule has 0 saturated heterocycles. The molecular weight excluding hydrogens is 472 g/mol. The first-order valence-corrected chi connectivity index (χ1v) is 12.8. The summed E-state index contributed by atoms with van der Waals surface area (Å²) in [4.78, 5) is 27.9. The molecule has 0 spiro atoms. The van der Waals surface area contributed by atoms with Crippen molar-refractivity contribution in [1.29, 1.82) is 0 Å². The summed E-state index contributed by atoms with van der Waals surface area (Å²) < 4.78 is 2.28. The number of nitrogens with zero attached hydrogens (tertiary/aromatic N) is 3. The smallest absolute Gasteiger partial charge is 0.270 e. The Morgan fingerprint density at radius 3 is 2.31 bits per heavy atom. The predicted octanol–water partition coefficient (Wildman–Crippen LogP) is 6.62. The quantitative estimate of drug-likeness (QED) is 0.114. The van der Waals surface area contributed by atoms with Crippen molar-refractivity contribution in [3.63, 3.8) is 0 Å². The van der Waals surface area contributed by atoms with Crippen LogP contribution in [-0.2, 0) is 0 Å². The van der Waals surface area contributed by atoms with Gasteiger partial charge in [0.2, 0.25) is 0 Å². The van der Waals surface area contributed by atoms with Crippen molar-refractivity contribution >= 4 is 23.4 Å². The summed E-state index contributed by atoms with van der Waals surface area (Å²) >= 11 is 1.66. The van der Waals surface area contributed by atoms with Crippen molar-refractivity contribution in [1.82, 2.24) is 14.9 Å². The molecule has 4 aromatic rings. The van der Waals surface area contributed by atoms with E-state index in [-0.39, 0.29) is 23.2 Å². The van der Waals surface area contributed by atoms with Gasteiger partial charge in [0.1, 0.15) is 0 Å². The second-order valence-corrected chi connectivity index (χ2v) is 9.61. The number of imidazole rings is 1. The van der Waals surface area contributed by atoms with Gasteiger partial charge in [-0.3, -0.25) is 14.9 Å². The second-order valence-electron chi connectivity index (χ2n) is 8.55. The maximum atomic E-state index is 12.4. The molecule has 0 radical (unpaired) electrons. The third-order valence-corrected chi connectivity index (χ3v) is 6.69. The van der Waals surface area contributed by atoms with Crippen LogP contribution in [0.3, 0.4) is 0 Å². The van der Waals surface area contributed by atoms with Crippen LogP contribution in [0.5, 0.6) is 0 Å². The Labute approximate surface area is 214 Å². The third-order valence-electron chi connectivity index (χ3n) is 5.65. The zero-order chi connectivity index (χ0) is 25.5. The molecule has 1 N–H and O–H groups in total. The molecule has 184 valence electrons. The lowest BCUT2D eigenvalue weighted by Gasteiger charge is -2.16. The molecule has 36 heavy (non-hydrogen) atoms. The average molecular weight is 501 g/mol. The number of benzene rings is 3. The highest BCUT2D eigenvalue weighted by atomic mass is 32.2. The fraction of sp³-hybridized carbons (Fsp3) is 0.214. The molecule has 0 atom stereocenters. The first kappa shape index (κ1) is 25.2. The Hall–Kier alpha value is -3.91. The second kappa shape index (κ2) is 11.7. The topological polar surface area (TPSA) is 90.1 Å². The van der Waals surface area contributed by atoms with Crippen LogP contribution in [0.2, 0.25) is 0 Å². The van der Waals surface area contributed by atoms with Crippen LogP contribution < -0.4 is 5.32 Å². The van der Waals surface area contributed by atoms with Gasteiger partial charge in [0.25, 0.3) is 11.6 Å². The van der Waals surface area contributed by atoms with E-state index in [1.807, 2.05) is 36.4 Å². The predicted molar refractivity (Wildman–Crippen MR) is 144 cm³/mol. The summed E-state index contributed by atoms with van der Waals surface area (Å²) in [7, 11) is 0. The zero-order valence-electron chi connectivity index (χ0n) is 20.3. The standard InChI is InChI=1S/C28H28N4O3S/c1-20(2)31-26(22-13-7-4-8-14-22)25(21-11-5-3-6-12-21)30-28(31)36-18-10-17-29-27(33)23-15-9-16-24(19-23)32(34)35/h3-9,11-16,19-20H,10,17-18H2,1-2H3,(H,29,33). The molecular formula is C28H28N4O3S. The molecule has 0 bridgehead atoms. The normalized spacial score (nSPS) is 11.0. The van der Waals surface area contributed by atoms with Gasteiger partial charge in [-0.15, -0.1) is 0 Å². The van der Waals surface area contributed by atoms with Gasteiger partial charge in [0.15, 0.2) is 5.16 Å². The van der Waals surface area contributed by atoms with Crippen molar-refractivity contribution in [2.75, 3.05) is 12.3 Å². The number of rotatable bonds is 10. The van der Waals surface area contributed by atoms with Crippen molar-refractivity contribution in [2.45, 2.75) is 31.5 Å². The maximum Gasteiger partial charge on any atom is 0.270 e. The van der Waals surface area contributed by atoms with Crippen LogP contribution in [0.1, 0.15) is 36.7 Å². The molecule has 1 heterocycles. The van der Waals surface area contributed by atoms with Crippen LogP contribution in [0.15, 0.2) is 90.1 Å². The van der Waals surface area contributed by atoms with E-state index >= 15 is 0 Å². The Morgan fingerprint density at radius 1 is 1.00 bits per heavy atom. The number of hydrogen-bond donors (Lipinski definition) is 1. The summed E-state index contributed by atoms with van der Waals surface area (Å²) in [5, 5.41) is 14.7. The molecule has 4 rings (SSSR count). The zero-order valence-corrected chi connectivity index (χ0v) is 21.1. The van der Waals surface area contributed by atoms with Crippen LogP contribution in [0.25, 0.3) is 22.5 Å². The number of nitro groups is 1. The van der Waals surface area contributed by atoms with Crippen molar-refractivity contribution < 1.29 is 9.72 Å².